The minimum Gasteiger partial charge on any atom is -0.394 e. The van der Waals surface area contributed by atoms with Gasteiger partial charge in [0.05, 0.1) is 32.0 Å². The van der Waals surface area contributed by atoms with E-state index in [4.69, 9.17) is 18.9 Å². The van der Waals surface area contributed by atoms with Crippen molar-refractivity contribution in [2.75, 3.05) is 19.8 Å². The Morgan fingerprint density at radius 2 is 1.11 bits per heavy atom. The van der Waals surface area contributed by atoms with Crippen LogP contribution >= 0.6 is 0 Å². The largest absolute Gasteiger partial charge is 0.394 e. The summed E-state index contributed by atoms with van der Waals surface area (Å²) >= 11 is 0. The van der Waals surface area contributed by atoms with Gasteiger partial charge in [-0.25, -0.2) is 0 Å². The lowest BCUT2D eigenvalue weighted by Crippen LogP contribution is -2.65. The Morgan fingerprint density at radius 3 is 1.71 bits per heavy atom. The van der Waals surface area contributed by atoms with Crippen molar-refractivity contribution in [2.45, 2.75) is 229 Å². The third-order valence-electron chi connectivity index (χ3n) is 11.5. The van der Waals surface area contributed by atoms with Gasteiger partial charge in [0.1, 0.15) is 48.8 Å². The van der Waals surface area contributed by atoms with Crippen molar-refractivity contribution in [1.29, 1.82) is 0 Å². The number of aliphatic hydroxyl groups excluding tert-OH is 8. The predicted molar refractivity (Wildman–Crippen MR) is 240 cm³/mol. The maximum atomic E-state index is 13.1. The molecule has 0 aromatic rings. The second-order valence-electron chi connectivity index (χ2n) is 16.9. The number of ether oxygens (including phenoxy) is 4. The van der Waals surface area contributed by atoms with Gasteiger partial charge in [-0.05, 0) is 51.4 Å². The lowest BCUT2D eigenvalue weighted by atomic mass is 9.97. The van der Waals surface area contributed by atoms with E-state index in [1.807, 2.05) is 6.08 Å². The van der Waals surface area contributed by atoms with Gasteiger partial charge in [0, 0.05) is 6.42 Å². The van der Waals surface area contributed by atoms with Gasteiger partial charge in [-0.2, -0.15) is 0 Å². The number of carbonyl (C=O) groups is 1. The van der Waals surface area contributed by atoms with Crippen LogP contribution in [0.5, 0.6) is 0 Å². The first-order valence-electron chi connectivity index (χ1n) is 23.9. The highest BCUT2D eigenvalue weighted by molar-refractivity contribution is 5.76. The average molecular weight is 884 g/mol. The summed E-state index contributed by atoms with van der Waals surface area (Å²) < 4.78 is 22.6. The number of carbonyl (C=O) groups excluding carboxylic acids is 1. The second kappa shape index (κ2) is 35.2. The molecule has 9 N–H and O–H groups in total. The van der Waals surface area contributed by atoms with Crippen molar-refractivity contribution < 1.29 is 64.6 Å². The molecule has 2 aliphatic rings. The highest BCUT2D eigenvalue weighted by Crippen LogP contribution is 2.30. The summed E-state index contributed by atoms with van der Waals surface area (Å²) in [4.78, 5) is 13.1. The number of allylic oxidation sites excluding steroid dienone is 7. The molecule has 62 heavy (non-hydrogen) atoms. The zero-order chi connectivity index (χ0) is 45.4. The summed E-state index contributed by atoms with van der Waals surface area (Å²) in [6.07, 6.45) is 22.9. The maximum absolute atomic E-state index is 13.1. The van der Waals surface area contributed by atoms with Crippen LogP contribution in [0.25, 0.3) is 0 Å². The smallest absolute Gasteiger partial charge is 0.220 e. The van der Waals surface area contributed by atoms with Gasteiger partial charge >= 0.3 is 0 Å². The van der Waals surface area contributed by atoms with E-state index in [1.165, 1.54) is 57.8 Å². The van der Waals surface area contributed by atoms with Gasteiger partial charge < -0.3 is 65.1 Å². The Balaban J connectivity index is 1.89. The molecule has 1 amide bonds. The Bertz CT molecular complexity index is 1230. The minimum atomic E-state index is -1.79. The molecule has 14 nitrogen and oxygen atoms in total. The van der Waals surface area contributed by atoms with E-state index < -0.39 is 86.8 Å². The van der Waals surface area contributed by atoms with E-state index in [-0.39, 0.29) is 18.9 Å². The van der Waals surface area contributed by atoms with Gasteiger partial charge in [-0.3, -0.25) is 4.79 Å². The molecule has 2 heterocycles. The number of amides is 1. The van der Waals surface area contributed by atoms with E-state index in [1.54, 1.807) is 6.08 Å². The van der Waals surface area contributed by atoms with Crippen LogP contribution in [0.2, 0.25) is 0 Å². The molecule has 0 aromatic carbocycles. The van der Waals surface area contributed by atoms with Gasteiger partial charge in [0.25, 0.3) is 0 Å². The fourth-order valence-electron chi connectivity index (χ4n) is 7.60. The van der Waals surface area contributed by atoms with E-state index in [2.05, 4.69) is 55.6 Å². The third kappa shape index (κ3) is 22.7. The lowest BCUT2D eigenvalue weighted by Gasteiger charge is -2.46. The summed E-state index contributed by atoms with van der Waals surface area (Å²) in [5, 5.41) is 86.5. The van der Waals surface area contributed by atoms with Crippen molar-refractivity contribution in [3.8, 4) is 0 Å². The molecule has 0 radical (unpaired) electrons. The first-order valence-corrected chi connectivity index (χ1v) is 23.9. The summed E-state index contributed by atoms with van der Waals surface area (Å²) in [5.41, 5.74) is 0. The number of aliphatic hydroxyl groups is 8. The number of rotatable bonds is 35. The second-order valence-corrected chi connectivity index (χ2v) is 16.9. The van der Waals surface area contributed by atoms with Crippen molar-refractivity contribution in [1.82, 2.24) is 5.32 Å². The van der Waals surface area contributed by atoms with E-state index in [9.17, 15) is 45.6 Å². The summed E-state index contributed by atoms with van der Waals surface area (Å²) in [6.45, 7) is 2.63. The SMILES string of the molecule is CC/C=C\C/C=C\C/C=C\CCCCCCCC(=O)N[C@@H](CO[C@@H]1O[C@H](CO)[C@@H](O[C@@H]2O[C@H](CO)[C@H](O)[C@H](O)[C@H]2O)[C@H](O)[C@H]1O)[C@H](O)/C=C/CCCCCCCCCCCCC. The van der Waals surface area contributed by atoms with Crippen LogP contribution in [-0.2, 0) is 23.7 Å². The zero-order valence-corrected chi connectivity index (χ0v) is 37.8. The Hall–Kier alpha value is -2.05. The van der Waals surface area contributed by atoms with Gasteiger partial charge in [0.15, 0.2) is 12.6 Å². The molecule has 2 rings (SSSR count). The molecular formula is C48H85NO13. The molecule has 0 aliphatic carbocycles. The Morgan fingerprint density at radius 1 is 0.597 bits per heavy atom. The number of nitrogens with one attached hydrogen (secondary N) is 1. The first kappa shape index (κ1) is 56.1. The third-order valence-corrected chi connectivity index (χ3v) is 11.5. The van der Waals surface area contributed by atoms with Crippen molar-refractivity contribution in [2.24, 2.45) is 0 Å². The molecule has 0 spiro atoms. The fourth-order valence-corrected chi connectivity index (χ4v) is 7.60. The summed E-state index contributed by atoms with van der Waals surface area (Å²) in [6, 6.07) is -0.922. The van der Waals surface area contributed by atoms with Gasteiger partial charge in [-0.1, -0.05) is 146 Å². The summed E-state index contributed by atoms with van der Waals surface area (Å²) in [7, 11) is 0. The molecule has 14 heteroatoms. The highest BCUT2D eigenvalue weighted by atomic mass is 16.7. The van der Waals surface area contributed by atoms with E-state index in [0.717, 1.165) is 70.6 Å². The molecule has 0 aromatic heterocycles. The van der Waals surface area contributed by atoms with Crippen LogP contribution in [0.15, 0.2) is 48.6 Å². The standard InChI is InChI=1S/C48H85NO13/c1-3-5-7-9-11-13-15-17-18-20-22-24-26-28-30-32-40(53)49-36(37(52)31-29-27-25-23-21-19-16-14-12-10-8-6-4-2)35-59-47-45(58)43(56)46(39(34-51)61-47)62-48-44(57)42(55)41(54)38(33-50)60-48/h5,7,11,13,17-18,29,31,36-39,41-48,50-52,54-58H,3-4,6,8-10,12,14-16,19-28,30,32-35H2,1-2H3,(H,49,53)/b7-5-,13-11-,18-17-,31-29+/t36-,37+,38+,39+,41-,42-,43+,44+,45+,46+,47+,48-/m0/s1. The van der Waals surface area contributed by atoms with Crippen molar-refractivity contribution >= 4 is 5.91 Å². The molecule has 360 valence electrons. The van der Waals surface area contributed by atoms with Crippen LogP contribution in [0.1, 0.15) is 155 Å². The zero-order valence-electron chi connectivity index (χ0n) is 37.8. The number of hydrogen-bond acceptors (Lipinski definition) is 13. The minimum absolute atomic E-state index is 0.260. The number of hydrogen-bond donors (Lipinski definition) is 9. The van der Waals surface area contributed by atoms with Crippen LogP contribution < -0.4 is 5.32 Å². The predicted octanol–water partition coefficient (Wildman–Crippen LogP) is 5.32. The Kier molecular flexibility index (Phi) is 31.9. The van der Waals surface area contributed by atoms with Crippen LogP contribution in [0.3, 0.4) is 0 Å². The lowest BCUT2D eigenvalue weighted by molar-refractivity contribution is -0.359. The Labute approximate surface area is 372 Å². The van der Waals surface area contributed by atoms with Gasteiger partial charge in [-0.15, -0.1) is 0 Å². The average Bonchev–Trinajstić information content (AvgIpc) is 3.27. The molecule has 2 saturated heterocycles. The number of unbranched alkanes of at least 4 members (excludes halogenated alkanes) is 16. The molecule has 2 aliphatic heterocycles. The fraction of sp³-hybridized carbons (Fsp3) is 0.812. The van der Waals surface area contributed by atoms with E-state index >= 15 is 0 Å². The van der Waals surface area contributed by atoms with Crippen molar-refractivity contribution in [3.63, 3.8) is 0 Å². The maximum Gasteiger partial charge on any atom is 0.220 e. The normalized spacial score (nSPS) is 28.2. The van der Waals surface area contributed by atoms with Crippen LogP contribution in [0.4, 0.5) is 0 Å². The molecule has 2 fully saturated rings. The van der Waals surface area contributed by atoms with Crippen LogP contribution in [-0.4, -0.2) is 140 Å². The van der Waals surface area contributed by atoms with E-state index in [0.29, 0.717) is 6.42 Å². The quantitative estimate of drug-likeness (QED) is 0.0291. The highest BCUT2D eigenvalue weighted by Gasteiger charge is 2.51. The van der Waals surface area contributed by atoms with Crippen LogP contribution in [0, 0.1) is 0 Å². The molecular weight excluding hydrogens is 799 g/mol. The first-order chi connectivity index (χ1) is 30.1. The molecule has 0 bridgehead atoms. The topological polar surface area (TPSA) is 228 Å². The molecule has 12 atom stereocenters. The van der Waals surface area contributed by atoms with Crippen molar-refractivity contribution in [3.05, 3.63) is 48.6 Å². The monoisotopic (exact) mass is 884 g/mol. The van der Waals surface area contributed by atoms with Gasteiger partial charge in [0.2, 0.25) is 5.91 Å². The molecule has 0 unspecified atom stereocenters. The summed E-state index contributed by atoms with van der Waals surface area (Å²) in [5.74, 6) is -0.260. The molecule has 0 saturated carbocycles.